The molecule has 0 spiro atoms. The monoisotopic (exact) mass is 244 g/mol. The van der Waals surface area contributed by atoms with Crippen LogP contribution in [0.3, 0.4) is 0 Å². The molecule has 0 bridgehead atoms. The largest absolute Gasteiger partial charge is 0.507 e. The van der Waals surface area contributed by atoms with Gasteiger partial charge in [-0.15, -0.1) is 11.3 Å². The van der Waals surface area contributed by atoms with Crippen LogP contribution in [0.4, 0.5) is 13.2 Å². The second-order valence-electron chi connectivity index (χ2n) is 2.97. The Morgan fingerprint density at radius 1 is 1.38 bits per heavy atom. The molecule has 1 aromatic heterocycles. The van der Waals surface area contributed by atoms with Crippen LogP contribution in [0.25, 0.3) is 10.2 Å². The molecule has 0 aliphatic heterocycles. The fourth-order valence-electron chi connectivity index (χ4n) is 1.24. The number of aromatic nitrogens is 1. The Morgan fingerprint density at radius 2 is 2.06 bits per heavy atom. The molecule has 0 unspecified atom stereocenters. The van der Waals surface area contributed by atoms with Crippen LogP contribution in [0.2, 0.25) is 0 Å². The van der Waals surface area contributed by atoms with Crippen LogP contribution in [0.15, 0.2) is 12.1 Å². The molecule has 1 N–H and O–H groups in total. The molecule has 1 aromatic carbocycles. The normalized spacial score (nSPS) is 11.6. The predicted octanol–water partition coefficient (Wildman–Crippen LogP) is 2.89. The van der Waals surface area contributed by atoms with Crippen LogP contribution in [0.1, 0.15) is 10.6 Å². The molecule has 0 amide bonds. The standard InChI is InChI=1S/C9H3F3N2OS/c10-9(11,12)4-1-5-7(2-6(4)15)16-8(3-13)14-5/h1-2,15H. The van der Waals surface area contributed by atoms with E-state index in [0.29, 0.717) is 4.70 Å². The van der Waals surface area contributed by atoms with Gasteiger partial charge in [0.1, 0.15) is 11.8 Å². The lowest BCUT2D eigenvalue weighted by Crippen LogP contribution is -2.04. The lowest BCUT2D eigenvalue weighted by molar-refractivity contribution is -0.138. The zero-order valence-electron chi connectivity index (χ0n) is 7.54. The number of hydrogen-bond donors (Lipinski definition) is 1. The molecule has 7 heteroatoms. The lowest BCUT2D eigenvalue weighted by Gasteiger charge is -2.07. The van der Waals surface area contributed by atoms with Crippen molar-refractivity contribution in [3.8, 4) is 11.8 Å². The maximum Gasteiger partial charge on any atom is 0.420 e. The third-order valence-corrected chi connectivity index (χ3v) is 2.83. The summed E-state index contributed by atoms with van der Waals surface area (Å²) in [5.74, 6) is -0.854. The van der Waals surface area contributed by atoms with Gasteiger partial charge in [-0.2, -0.15) is 18.4 Å². The summed E-state index contributed by atoms with van der Waals surface area (Å²) in [6.45, 7) is 0. The van der Waals surface area contributed by atoms with Crippen molar-refractivity contribution in [2.24, 2.45) is 0 Å². The van der Waals surface area contributed by atoms with Crippen LogP contribution in [-0.4, -0.2) is 10.1 Å². The van der Waals surface area contributed by atoms with Crippen LogP contribution >= 0.6 is 11.3 Å². The first kappa shape index (κ1) is 10.7. The summed E-state index contributed by atoms with van der Waals surface area (Å²) in [6, 6.07) is 3.45. The molecule has 0 fully saturated rings. The van der Waals surface area contributed by atoms with Gasteiger partial charge >= 0.3 is 6.18 Å². The number of hydrogen-bond acceptors (Lipinski definition) is 4. The van der Waals surface area contributed by atoms with E-state index in [1.165, 1.54) is 0 Å². The third kappa shape index (κ3) is 1.67. The van der Waals surface area contributed by atoms with Crippen molar-refractivity contribution in [3.63, 3.8) is 0 Å². The summed E-state index contributed by atoms with van der Waals surface area (Å²) < 4.78 is 37.6. The topological polar surface area (TPSA) is 56.9 Å². The van der Waals surface area contributed by atoms with Gasteiger partial charge in [0.15, 0.2) is 5.01 Å². The molecule has 0 aliphatic carbocycles. The Bertz CT molecular complexity index is 597. The van der Waals surface area contributed by atoms with Crippen molar-refractivity contribution in [2.75, 3.05) is 0 Å². The van der Waals surface area contributed by atoms with Crippen molar-refractivity contribution in [1.29, 1.82) is 5.26 Å². The van der Waals surface area contributed by atoms with E-state index >= 15 is 0 Å². The molecular weight excluding hydrogens is 241 g/mol. The van der Waals surface area contributed by atoms with Gasteiger partial charge in [0.25, 0.3) is 0 Å². The maximum absolute atomic E-state index is 12.4. The average molecular weight is 244 g/mol. The minimum absolute atomic E-state index is 0.0617. The van der Waals surface area contributed by atoms with Crippen molar-refractivity contribution in [1.82, 2.24) is 4.98 Å². The minimum Gasteiger partial charge on any atom is -0.507 e. The van der Waals surface area contributed by atoms with Crippen LogP contribution in [0.5, 0.6) is 5.75 Å². The van der Waals surface area contributed by atoms with Gasteiger partial charge in [0.05, 0.1) is 15.8 Å². The smallest absolute Gasteiger partial charge is 0.420 e. The molecule has 2 aromatic rings. The summed E-state index contributed by atoms with van der Waals surface area (Å²) in [6.07, 6.45) is -4.63. The Labute approximate surface area is 91.4 Å². The zero-order valence-corrected chi connectivity index (χ0v) is 8.35. The Balaban J connectivity index is 2.72. The highest BCUT2D eigenvalue weighted by Crippen LogP contribution is 2.39. The van der Waals surface area contributed by atoms with E-state index in [0.717, 1.165) is 23.5 Å². The van der Waals surface area contributed by atoms with E-state index in [1.807, 2.05) is 0 Å². The number of benzene rings is 1. The molecule has 0 saturated heterocycles. The van der Waals surface area contributed by atoms with Gasteiger partial charge in [-0.05, 0) is 12.1 Å². The molecule has 16 heavy (non-hydrogen) atoms. The number of phenolic OH excluding ortho intramolecular Hbond substituents is 1. The molecule has 0 radical (unpaired) electrons. The third-order valence-electron chi connectivity index (χ3n) is 1.91. The summed E-state index contributed by atoms with van der Waals surface area (Å²) in [5, 5.41) is 17.8. The Hall–Kier alpha value is -1.81. The second-order valence-corrected chi connectivity index (χ2v) is 4.00. The first-order valence-electron chi connectivity index (χ1n) is 4.02. The molecule has 1 heterocycles. The number of alkyl halides is 3. The molecule has 3 nitrogen and oxygen atoms in total. The molecule has 2 rings (SSSR count). The number of nitrogens with zero attached hydrogens (tertiary/aromatic N) is 2. The highest BCUT2D eigenvalue weighted by Gasteiger charge is 2.34. The quantitative estimate of drug-likeness (QED) is 0.775. The fraction of sp³-hybridized carbons (Fsp3) is 0.111. The number of aromatic hydroxyl groups is 1. The summed E-state index contributed by atoms with van der Waals surface area (Å²) in [5.41, 5.74) is -1.08. The van der Waals surface area contributed by atoms with Crippen molar-refractivity contribution in [3.05, 3.63) is 22.7 Å². The molecule has 0 saturated carbocycles. The van der Waals surface area contributed by atoms with E-state index in [4.69, 9.17) is 5.26 Å². The number of phenols is 1. The zero-order chi connectivity index (χ0) is 11.9. The molecular formula is C9H3F3N2OS. The van der Waals surface area contributed by atoms with Gasteiger partial charge in [0.2, 0.25) is 0 Å². The number of halogens is 3. The SMILES string of the molecule is N#Cc1nc2cc(C(F)(F)F)c(O)cc2s1. The molecule has 0 atom stereocenters. The van der Waals surface area contributed by atoms with Gasteiger partial charge in [-0.3, -0.25) is 0 Å². The first-order valence-corrected chi connectivity index (χ1v) is 4.84. The highest BCUT2D eigenvalue weighted by atomic mass is 32.1. The van der Waals surface area contributed by atoms with Crippen LogP contribution < -0.4 is 0 Å². The van der Waals surface area contributed by atoms with E-state index in [-0.39, 0.29) is 10.5 Å². The van der Waals surface area contributed by atoms with E-state index in [1.54, 1.807) is 6.07 Å². The number of rotatable bonds is 0. The average Bonchev–Trinajstić information content (AvgIpc) is 2.56. The predicted molar refractivity (Wildman–Crippen MR) is 51.0 cm³/mol. The highest BCUT2D eigenvalue weighted by molar-refractivity contribution is 7.19. The number of nitriles is 1. The maximum atomic E-state index is 12.4. The molecule has 82 valence electrons. The minimum atomic E-state index is -4.63. The van der Waals surface area contributed by atoms with Crippen molar-refractivity contribution < 1.29 is 18.3 Å². The Morgan fingerprint density at radius 3 is 2.62 bits per heavy atom. The van der Waals surface area contributed by atoms with Crippen LogP contribution in [-0.2, 0) is 6.18 Å². The molecule has 0 aliphatic rings. The summed E-state index contributed by atoms with van der Waals surface area (Å²) in [4.78, 5) is 3.69. The van der Waals surface area contributed by atoms with Crippen molar-refractivity contribution in [2.45, 2.75) is 6.18 Å². The van der Waals surface area contributed by atoms with Crippen LogP contribution in [0, 0.1) is 11.3 Å². The van der Waals surface area contributed by atoms with Crippen molar-refractivity contribution >= 4 is 21.6 Å². The van der Waals surface area contributed by atoms with Gasteiger partial charge < -0.3 is 5.11 Å². The summed E-state index contributed by atoms with van der Waals surface area (Å²) in [7, 11) is 0. The van der Waals surface area contributed by atoms with Gasteiger partial charge in [-0.1, -0.05) is 0 Å². The lowest BCUT2D eigenvalue weighted by atomic mass is 10.2. The Kier molecular flexibility index (Phi) is 2.24. The van der Waals surface area contributed by atoms with E-state index in [2.05, 4.69) is 4.98 Å². The van der Waals surface area contributed by atoms with Gasteiger partial charge in [0, 0.05) is 0 Å². The number of fused-ring (bicyclic) bond motifs is 1. The van der Waals surface area contributed by atoms with Gasteiger partial charge in [-0.25, -0.2) is 4.98 Å². The second kappa shape index (κ2) is 3.35. The fourth-order valence-corrected chi connectivity index (χ4v) is 2.02. The first-order chi connectivity index (χ1) is 7.41. The van der Waals surface area contributed by atoms with E-state index in [9.17, 15) is 18.3 Å². The van der Waals surface area contributed by atoms with E-state index < -0.39 is 17.5 Å². The summed E-state index contributed by atoms with van der Waals surface area (Å²) >= 11 is 0.931. The number of thiazole rings is 1.